The van der Waals surface area contributed by atoms with Gasteiger partial charge in [0.05, 0.1) is 11.1 Å². The number of nitrogens with one attached hydrogen (secondary N) is 2. The topological polar surface area (TPSA) is 41.1 Å². The van der Waals surface area contributed by atoms with Crippen LogP contribution in [0.5, 0.6) is 0 Å². The van der Waals surface area contributed by atoms with Crippen molar-refractivity contribution < 1.29 is 9.18 Å². The van der Waals surface area contributed by atoms with Gasteiger partial charge < -0.3 is 10.6 Å². The summed E-state index contributed by atoms with van der Waals surface area (Å²) in [6.07, 6.45) is 3.46. The Kier molecular flexibility index (Phi) is 4.76. The lowest BCUT2D eigenvalue weighted by Gasteiger charge is -2.36. The third kappa shape index (κ3) is 3.18. The zero-order valence-electron chi connectivity index (χ0n) is 12.3. The van der Waals surface area contributed by atoms with Gasteiger partial charge in [0.2, 0.25) is 5.91 Å². The number of carbonyl (C=O) groups is 1. The van der Waals surface area contributed by atoms with Crippen molar-refractivity contribution in [2.45, 2.75) is 39.5 Å². The van der Waals surface area contributed by atoms with E-state index in [4.69, 9.17) is 0 Å². The van der Waals surface area contributed by atoms with Gasteiger partial charge in [-0.1, -0.05) is 19.4 Å². The molecule has 2 rings (SSSR count). The van der Waals surface area contributed by atoms with Crippen molar-refractivity contribution in [2.75, 3.05) is 18.4 Å². The molecule has 0 unspecified atom stereocenters. The Morgan fingerprint density at radius 3 is 2.70 bits per heavy atom. The molecule has 1 aliphatic heterocycles. The Labute approximate surface area is 120 Å². The normalized spacial score (nSPS) is 17.8. The fourth-order valence-electron chi connectivity index (χ4n) is 2.95. The number of piperidine rings is 1. The monoisotopic (exact) mass is 278 g/mol. The molecule has 0 radical (unpaired) electrons. The molecular formula is C16H23FN2O. The lowest BCUT2D eigenvalue weighted by Crippen LogP contribution is -2.45. The van der Waals surface area contributed by atoms with E-state index >= 15 is 0 Å². The van der Waals surface area contributed by atoms with Crippen LogP contribution < -0.4 is 10.6 Å². The summed E-state index contributed by atoms with van der Waals surface area (Å²) >= 11 is 0. The van der Waals surface area contributed by atoms with Gasteiger partial charge in [0.25, 0.3) is 0 Å². The van der Waals surface area contributed by atoms with Gasteiger partial charge in [-0.05, 0) is 57.0 Å². The molecule has 1 saturated heterocycles. The summed E-state index contributed by atoms with van der Waals surface area (Å²) in [6, 6.07) is 4.90. The third-order valence-corrected chi connectivity index (χ3v) is 4.14. The standard InChI is InChI=1S/C16H23FN2O/c1-3-6-16(7-9-18-10-8-16)15(20)19-14-5-4-12(2)11-13(14)17/h4-5,11,18H,3,6-10H2,1-2H3,(H,19,20). The second kappa shape index (κ2) is 6.35. The number of aryl methyl sites for hydroxylation is 1. The summed E-state index contributed by atoms with van der Waals surface area (Å²) in [5, 5.41) is 6.07. The number of benzene rings is 1. The predicted octanol–water partition coefficient (Wildman–Crippen LogP) is 3.24. The number of halogens is 1. The molecule has 1 aromatic carbocycles. The summed E-state index contributed by atoms with van der Waals surface area (Å²) in [6.45, 7) is 5.62. The van der Waals surface area contributed by atoms with Gasteiger partial charge in [-0.15, -0.1) is 0 Å². The van der Waals surface area contributed by atoms with E-state index in [0.29, 0.717) is 0 Å². The van der Waals surface area contributed by atoms with Crippen LogP contribution in [0.4, 0.5) is 10.1 Å². The van der Waals surface area contributed by atoms with Crippen LogP contribution in [-0.2, 0) is 4.79 Å². The molecule has 1 aromatic rings. The maximum atomic E-state index is 13.9. The van der Waals surface area contributed by atoms with Gasteiger partial charge in [0.1, 0.15) is 5.82 Å². The molecule has 0 bridgehead atoms. The van der Waals surface area contributed by atoms with Crippen LogP contribution in [0.25, 0.3) is 0 Å². The van der Waals surface area contributed by atoms with Crippen LogP contribution in [0.1, 0.15) is 38.2 Å². The number of hydrogen-bond donors (Lipinski definition) is 2. The van der Waals surface area contributed by atoms with E-state index in [1.807, 2.05) is 13.0 Å². The summed E-state index contributed by atoms with van der Waals surface area (Å²) in [5.41, 5.74) is 0.789. The van der Waals surface area contributed by atoms with Gasteiger partial charge in [-0.25, -0.2) is 4.39 Å². The van der Waals surface area contributed by atoms with Crippen LogP contribution in [0.15, 0.2) is 18.2 Å². The Balaban J connectivity index is 2.15. The highest BCUT2D eigenvalue weighted by atomic mass is 19.1. The number of carbonyl (C=O) groups excluding carboxylic acids is 1. The second-order valence-electron chi connectivity index (χ2n) is 5.72. The molecule has 0 atom stereocenters. The summed E-state index contributed by atoms with van der Waals surface area (Å²) < 4.78 is 13.9. The van der Waals surface area contributed by atoms with E-state index in [1.165, 1.54) is 6.07 Å². The highest BCUT2D eigenvalue weighted by Crippen LogP contribution is 2.35. The predicted molar refractivity (Wildman–Crippen MR) is 79.2 cm³/mol. The highest BCUT2D eigenvalue weighted by Gasteiger charge is 2.38. The number of rotatable bonds is 4. The fourth-order valence-corrected chi connectivity index (χ4v) is 2.95. The van der Waals surface area contributed by atoms with Gasteiger partial charge in [0, 0.05) is 0 Å². The van der Waals surface area contributed by atoms with Gasteiger partial charge in [-0.3, -0.25) is 4.79 Å². The number of amides is 1. The largest absolute Gasteiger partial charge is 0.323 e. The molecule has 1 amide bonds. The fraction of sp³-hybridized carbons (Fsp3) is 0.562. The van der Waals surface area contributed by atoms with Crippen molar-refractivity contribution >= 4 is 11.6 Å². The van der Waals surface area contributed by atoms with Crippen molar-refractivity contribution in [3.63, 3.8) is 0 Å². The first kappa shape index (κ1) is 15.0. The minimum atomic E-state index is -0.362. The molecule has 4 heteroatoms. The first-order chi connectivity index (χ1) is 9.57. The minimum Gasteiger partial charge on any atom is -0.323 e. The molecule has 1 heterocycles. The van der Waals surface area contributed by atoms with E-state index in [0.717, 1.165) is 44.3 Å². The first-order valence-corrected chi connectivity index (χ1v) is 7.36. The summed E-state index contributed by atoms with van der Waals surface area (Å²) in [7, 11) is 0. The molecular weight excluding hydrogens is 255 g/mol. The molecule has 0 spiro atoms. The van der Waals surface area contributed by atoms with Gasteiger partial charge in [0.15, 0.2) is 0 Å². The van der Waals surface area contributed by atoms with E-state index in [2.05, 4.69) is 17.6 Å². The van der Waals surface area contributed by atoms with Crippen molar-refractivity contribution in [1.29, 1.82) is 0 Å². The Morgan fingerprint density at radius 2 is 2.10 bits per heavy atom. The average Bonchev–Trinajstić information content (AvgIpc) is 2.43. The van der Waals surface area contributed by atoms with Crippen LogP contribution >= 0.6 is 0 Å². The average molecular weight is 278 g/mol. The van der Waals surface area contributed by atoms with Crippen LogP contribution in [0.2, 0.25) is 0 Å². The van der Waals surface area contributed by atoms with Crippen LogP contribution in [0, 0.1) is 18.2 Å². The summed E-state index contributed by atoms with van der Waals surface area (Å²) in [4.78, 5) is 12.6. The maximum Gasteiger partial charge on any atom is 0.230 e. The van der Waals surface area contributed by atoms with E-state index in [9.17, 15) is 9.18 Å². The van der Waals surface area contributed by atoms with Crippen molar-refractivity contribution in [2.24, 2.45) is 5.41 Å². The molecule has 0 aromatic heterocycles. The lowest BCUT2D eigenvalue weighted by atomic mass is 9.74. The summed E-state index contributed by atoms with van der Waals surface area (Å²) in [5.74, 6) is -0.400. The Morgan fingerprint density at radius 1 is 1.40 bits per heavy atom. The maximum absolute atomic E-state index is 13.9. The van der Waals surface area contributed by atoms with Crippen molar-refractivity contribution in [3.05, 3.63) is 29.6 Å². The molecule has 1 aliphatic rings. The highest BCUT2D eigenvalue weighted by molar-refractivity contribution is 5.95. The molecule has 0 aliphatic carbocycles. The van der Waals surface area contributed by atoms with Crippen LogP contribution in [-0.4, -0.2) is 19.0 Å². The smallest absolute Gasteiger partial charge is 0.230 e. The zero-order chi connectivity index (χ0) is 14.6. The zero-order valence-corrected chi connectivity index (χ0v) is 12.3. The molecule has 1 fully saturated rings. The van der Waals surface area contributed by atoms with Gasteiger partial charge in [-0.2, -0.15) is 0 Å². The van der Waals surface area contributed by atoms with Crippen molar-refractivity contribution in [1.82, 2.24) is 5.32 Å². The lowest BCUT2D eigenvalue weighted by molar-refractivity contribution is -0.127. The molecule has 0 saturated carbocycles. The van der Waals surface area contributed by atoms with E-state index < -0.39 is 0 Å². The van der Waals surface area contributed by atoms with Crippen molar-refractivity contribution in [3.8, 4) is 0 Å². The molecule has 3 nitrogen and oxygen atoms in total. The van der Waals surface area contributed by atoms with Crippen LogP contribution in [0.3, 0.4) is 0 Å². The quantitative estimate of drug-likeness (QED) is 0.887. The number of anilines is 1. The Bertz CT molecular complexity index is 476. The third-order valence-electron chi connectivity index (χ3n) is 4.14. The van der Waals surface area contributed by atoms with Gasteiger partial charge >= 0.3 is 0 Å². The number of hydrogen-bond acceptors (Lipinski definition) is 2. The minimum absolute atomic E-state index is 0.0383. The van der Waals surface area contributed by atoms with E-state index in [-0.39, 0.29) is 22.8 Å². The Hall–Kier alpha value is -1.42. The first-order valence-electron chi connectivity index (χ1n) is 7.36. The second-order valence-corrected chi connectivity index (χ2v) is 5.72. The molecule has 110 valence electrons. The molecule has 2 N–H and O–H groups in total. The molecule has 20 heavy (non-hydrogen) atoms. The van der Waals surface area contributed by atoms with E-state index in [1.54, 1.807) is 6.07 Å². The SMILES string of the molecule is CCCC1(C(=O)Nc2ccc(C)cc2F)CCNCC1.